The highest BCUT2D eigenvalue weighted by Gasteiger charge is 2.34. The standard InChI is InChI=1S/C29H32BrCl2N3O4S/c1-4-16-33-29(37)27(5-2)34(18-24-25(31)10-7-11-26(24)32)28(36)19-35(22-9-6-8-21(30)17-22)40(38,39)23-14-12-20(3)13-15-23/h6-15,17,27H,4-5,16,18-19H2,1-3H3,(H,33,37)/t27-/m1/s1. The molecule has 7 nitrogen and oxygen atoms in total. The topological polar surface area (TPSA) is 86.8 Å². The van der Waals surface area contributed by atoms with E-state index in [0.717, 1.165) is 16.3 Å². The third kappa shape index (κ3) is 7.78. The third-order valence-electron chi connectivity index (χ3n) is 6.31. The van der Waals surface area contributed by atoms with Gasteiger partial charge in [0.1, 0.15) is 12.6 Å². The van der Waals surface area contributed by atoms with Crippen LogP contribution in [0, 0.1) is 6.92 Å². The minimum atomic E-state index is -4.16. The van der Waals surface area contributed by atoms with Crippen molar-refractivity contribution in [1.82, 2.24) is 10.2 Å². The van der Waals surface area contributed by atoms with Crippen molar-refractivity contribution in [1.29, 1.82) is 0 Å². The van der Waals surface area contributed by atoms with E-state index in [4.69, 9.17) is 23.2 Å². The molecule has 214 valence electrons. The Kier molecular flexibility index (Phi) is 11.5. The number of anilines is 1. The Labute approximate surface area is 254 Å². The molecule has 0 saturated heterocycles. The summed E-state index contributed by atoms with van der Waals surface area (Å²) >= 11 is 16.3. The zero-order valence-corrected chi connectivity index (χ0v) is 26.4. The van der Waals surface area contributed by atoms with Crippen molar-refractivity contribution in [2.45, 2.75) is 51.1 Å². The Morgan fingerprint density at radius 2 is 1.60 bits per heavy atom. The molecular formula is C29H32BrCl2N3O4S. The van der Waals surface area contributed by atoms with Crippen molar-refractivity contribution in [3.8, 4) is 0 Å². The molecule has 0 heterocycles. The van der Waals surface area contributed by atoms with Gasteiger partial charge in [0.15, 0.2) is 0 Å². The number of amides is 2. The van der Waals surface area contributed by atoms with Gasteiger partial charge in [0.2, 0.25) is 11.8 Å². The lowest BCUT2D eigenvalue weighted by Gasteiger charge is -2.33. The van der Waals surface area contributed by atoms with Gasteiger partial charge < -0.3 is 10.2 Å². The minimum Gasteiger partial charge on any atom is -0.354 e. The molecular weight excluding hydrogens is 637 g/mol. The molecule has 2 amide bonds. The molecule has 0 radical (unpaired) electrons. The maximum absolute atomic E-state index is 14.1. The van der Waals surface area contributed by atoms with Gasteiger partial charge in [-0.1, -0.05) is 82.8 Å². The van der Waals surface area contributed by atoms with Crippen LogP contribution in [0.25, 0.3) is 0 Å². The quantitative estimate of drug-likeness (QED) is 0.236. The molecule has 3 aromatic carbocycles. The van der Waals surface area contributed by atoms with Crippen LogP contribution in [0.4, 0.5) is 5.69 Å². The molecule has 40 heavy (non-hydrogen) atoms. The fraction of sp³-hybridized carbons (Fsp3) is 0.310. The average Bonchev–Trinajstić information content (AvgIpc) is 2.92. The maximum atomic E-state index is 14.1. The monoisotopic (exact) mass is 667 g/mol. The van der Waals surface area contributed by atoms with Crippen molar-refractivity contribution >= 4 is 66.7 Å². The highest BCUT2D eigenvalue weighted by molar-refractivity contribution is 9.10. The first-order valence-electron chi connectivity index (χ1n) is 12.8. The summed E-state index contributed by atoms with van der Waals surface area (Å²) in [6.45, 7) is 5.40. The van der Waals surface area contributed by atoms with Crippen LogP contribution in [-0.2, 0) is 26.2 Å². The van der Waals surface area contributed by atoms with Gasteiger partial charge in [-0.25, -0.2) is 8.42 Å². The summed E-state index contributed by atoms with van der Waals surface area (Å²) in [4.78, 5) is 28.7. The van der Waals surface area contributed by atoms with Crippen LogP contribution < -0.4 is 9.62 Å². The van der Waals surface area contributed by atoms with E-state index in [0.29, 0.717) is 38.7 Å². The Balaban J connectivity index is 2.09. The van der Waals surface area contributed by atoms with Crippen molar-refractivity contribution < 1.29 is 18.0 Å². The van der Waals surface area contributed by atoms with Gasteiger partial charge in [0.05, 0.1) is 10.6 Å². The number of halogens is 3. The Bertz CT molecular complexity index is 1430. The van der Waals surface area contributed by atoms with Gasteiger partial charge in [-0.05, 0) is 62.2 Å². The molecule has 11 heteroatoms. The third-order valence-corrected chi connectivity index (χ3v) is 9.30. The van der Waals surface area contributed by atoms with E-state index in [1.165, 1.54) is 17.0 Å². The Morgan fingerprint density at radius 1 is 0.975 bits per heavy atom. The average molecular weight is 669 g/mol. The smallest absolute Gasteiger partial charge is 0.264 e. The lowest BCUT2D eigenvalue weighted by Crippen LogP contribution is -2.52. The molecule has 0 saturated carbocycles. The zero-order chi connectivity index (χ0) is 29.4. The number of carbonyl (C=O) groups is 2. The number of hydrogen-bond acceptors (Lipinski definition) is 4. The molecule has 0 aliphatic carbocycles. The highest BCUT2D eigenvalue weighted by atomic mass is 79.9. The van der Waals surface area contributed by atoms with Gasteiger partial charge in [0.25, 0.3) is 10.0 Å². The van der Waals surface area contributed by atoms with E-state index >= 15 is 0 Å². The van der Waals surface area contributed by atoms with Crippen LogP contribution in [0.15, 0.2) is 76.1 Å². The molecule has 0 aliphatic heterocycles. The number of carbonyl (C=O) groups excluding carboxylic acids is 2. The van der Waals surface area contributed by atoms with E-state index in [1.807, 2.05) is 13.8 Å². The molecule has 3 aromatic rings. The van der Waals surface area contributed by atoms with E-state index in [1.54, 1.807) is 61.5 Å². The predicted molar refractivity (Wildman–Crippen MR) is 164 cm³/mol. The van der Waals surface area contributed by atoms with Gasteiger partial charge in [-0.15, -0.1) is 0 Å². The summed E-state index contributed by atoms with van der Waals surface area (Å²) in [6.07, 6.45) is 1.02. The van der Waals surface area contributed by atoms with Crippen molar-refractivity contribution in [3.05, 3.63) is 92.4 Å². The van der Waals surface area contributed by atoms with E-state index in [-0.39, 0.29) is 17.3 Å². The zero-order valence-electron chi connectivity index (χ0n) is 22.5. The van der Waals surface area contributed by atoms with E-state index in [9.17, 15) is 18.0 Å². The van der Waals surface area contributed by atoms with Gasteiger partial charge in [-0.3, -0.25) is 13.9 Å². The number of rotatable bonds is 12. The maximum Gasteiger partial charge on any atom is 0.264 e. The number of nitrogens with one attached hydrogen (secondary N) is 1. The van der Waals surface area contributed by atoms with Gasteiger partial charge in [-0.2, -0.15) is 0 Å². The highest BCUT2D eigenvalue weighted by Crippen LogP contribution is 2.29. The number of hydrogen-bond donors (Lipinski definition) is 1. The largest absolute Gasteiger partial charge is 0.354 e. The number of aryl methyl sites for hydroxylation is 1. The first-order valence-corrected chi connectivity index (χ1v) is 15.8. The van der Waals surface area contributed by atoms with Crippen molar-refractivity contribution in [2.24, 2.45) is 0 Å². The lowest BCUT2D eigenvalue weighted by molar-refractivity contribution is -0.140. The van der Waals surface area contributed by atoms with Crippen LogP contribution in [0.2, 0.25) is 10.0 Å². The van der Waals surface area contributed by atoms with E-state index < -0.39 is 28.5 Å². The lowest BCUT2D eigenvalue weighted by atomic mass is 10.1. The molecule has 0 unspecified atom stereocenters. The first kappa shape index (κ1) is 31.9. The van der Waals surface area contributed by atoms with Crippen LogP contribution in [0.1, 0.15) is 37.8 Å². The molecule has 0 aliphatic rings. The van der Waals surface area contributed by atoms with Crippen LogP contribution in [-0.4, -0.2) is 44.3 Å². The molecule has 1 atom stereocenters. The summed E-state index contributed by atoms with van der Waals surface area (Å²) in [5.41, 5.74) is 1.66. The van der Waals surface area contributed by atoms with Crippen LogP contribution >= 0.6 is 39.1 Å². The van der Waals surface area contributed by atoms with Gasteiger partial charge in [0, 0.05) is 33.2 Å². The summed E-state index contributed by atoms with van der Waals surface area (Å²) in [6, 6.07) is 17.2. The normalized spacial score (nSPS) is 12.1. The second-order valence-electron chi connectivity index (χ2n) is 9.24. The summed E-state index contributed by atoms with van der Waals surface area (Å²) in [5.74, 6) is -0.915. The Hall–Kier alpha value is -2.59. The SMILES string of the molecule is CCCNC(=O)[C@@H](CC)N(Cc1c(Cl)cccc1Cl)C(=O)CN(c1cccc(Br)c1)S(=O)(=O)c1ccc(C)cc1. The predicted octanol–water partition coefficient (Wildman–Crippen LogP) is 6.59. The fourth-order valence-corrected chi connectivity index (χ4v) is 6.45. The number of benzene rings is 3. The van der Waals surface area contributed by atoms with Crippen molar-refractivity contribution in [2.75, 3.05) is 17.4 Å². The summed E-state index contributed by atoms with van der Waals surface area (Å²) in [5, 5.41) is 3.53. The van der Waals surface area contributed by atoms with Crippen LogP contribution in [0.5, 0.6) is 0 Å². The summed E-state index contributed by atoms with van der Waals surface area (Å²) in [7, 11) is -4.16. The number of sulfonamides is 1. The molecule has 0 fully saturated rings. The molecule has 0 spiro atoms. The first-order chi connectivity index (χ1) is 19.0. The second-order valence-corrected chi connectivity index (χ2v) is 12.8. The molecule has 1 N–H and O–H groups in total. The second kappa shape index (κ2) is 14.3. The molecule has 0 aromatic heterocycles. The Morgan fingerprint density at radius 3 is 2.17 bits per heavy atom. The van der Waals surface area contributed by atoms with Crippen molar-refractivity contribution in [3.63, 3.8) is 0 Å². The molecule has 3 rings (SSSR count). The number of nitrogens with zero attached hydrogens (tertiary/aromatic N) is 2. The molecule has 0 bridgehead atoms. The fourth-order valence-electron chi connectivity index (χ4n) is 4.14. The van der Waals surface area contributed by atoms with Gasteiger partial charge >= 0.3 is 0 Å². The summed E-state index contributed by atoms with van der Waals surface area (Å²) < 4.78 is 29.5. The van der Waals surface area contributed by atoms with E-state index in [2.05, 4.69) is 21.2 Å². The minimum absolute atomic E-state index is 0.0410. The van der Waals surface area contributed by atoms with Crippen LogP contribution in [0.3, 0.4) is 0 Å².